The number of nitrogens with one attached hydrogen (secondary N) is 1. The summed E-state index contributed by atoms with van der Waals surface area (Å²) >= 11 is 5.76. The summed E-state index contributed by atoms with van der Waals surface area (Å²) in [7, 11) is 1.61. The van der Waals surface area contributed by atoms with Gasteiger partial charge in [-0.3, -0.25) is 4.79 Å². The highest BCUT2D eigenvalue weighted by molar-refractivity contribution is 6.29. The Morgan fingerprint density at radius 2 is 1.88 bits per heavy atom. The second-order valence-corrected chi connectivity index (χ2v) is 8.15. The molecule has 0 bridgehead atoms. The lowest BCUT2D eigenvalue weighted by Gasteiger charge is -2.27. The van der Waals surface area contributed by atoms with Crippen molar-refractivity contribution in [2.75, 3.05) is 23.8 Å². The van der Waals surface area contributed by atoms with E-state index in [1.54, 1.807) is 14.0 Å². The molecular weight excluding hydrogens is 490 g/mol. The van der Waals surface area contributed by atoms with Gasteiger partial charge in [-0.15, -0.1) is 0 Å². The summed E-state index contributed by atoms with van der Waals surface area (Å²) in [5.41, 5.74) is -1.78. The van der Waals surface area contributed by atoms with Gasteiger partial charge in [0.2, 0.25) is 6.41 Å². The molecule has 0 saturated heterocycles. The molecule has 7 nitrogen and oxygen atoms in total. The normalized spacial score (nSPS) is 17.9. The average Bonchev–Trinajstić information content (AvgIpc) is 3.24. The summed E-state index contributed by atoms with van der Waals surface area (Å²) in [6.45, 7) is 2.70. The van der Waals surface area contributed by atoms with E-state index in [0.717, 1.165) is 6.07 Å². The van der Waals surface area contributed by atoms with E-state index in [0.29, 0.717) is 24.2 Å². The Morgan fingerprint density at radius 3 is 2.44 bits per heavy atom. The van der Waals surface area contributed by atoms with Crippen molar-refractivity contribution in [1.29, 1.82) is 0 Å². The highest BCUT2D eigenvalue weighted by Crippen LogP contribution is 2.49. The Hall–Kier alpha value is -3.09. The quantitative estimate of drug-likeness (QED) is 0.403. The average molecular weight is 509 g/mol. The largest absolute Gasteiger partial charge is 0.433 e. The minimum atomic E-state index is -4.50. The number of pyridine rings is 1. The van der Waals surface area contributed by atoms with Crippen LogP contribution in [-0.4, -0.2) is 45.8 Å². The first-order chi connectivity index (χ1) is 15.7. The topological polar surface area (TPSA) is 75.4 Å². The van der Waals surface area contributed by atoms with E-state index in [4.69, 9.17) is 11.6 Å². The van der Waals surface area contributed by atoms with Gasteiger partial charge in [-0.1, -0.05) is 18.5 Å². The SMILES string of the molecule is CCc1cc(NC=O)cc(C(F)(F)F)n1.CN1C[C@@](C)(C(F)(F)F)c2c1cnc1cc(Cl)nn21. The molecule has 0 saturated carbocycles. The molecule has 184 valence electrons. The predicted octanol–water partition coefficient (Wildman–Crippen LogP) is 4.88. The Morgan fingerprint density at radius 1 is 1.21 bits per heavy atom. The van der Waals surface area contributed by atoms with Crippen LogP contribution in [0.1, 0.15) is 30.9 Å². The van der Waals surface area contributed by atoms with Gasteiger partial charge in [-0.2, -0.15) is 31.4 Å². The van der Waals surface area contributed by atoms with E-state index < -0.39 is 23.5 Å². The fraction of sp³-hybridized carbons (Fsp3) is 0.400. The molecule has 0 unspecified atom stereocenters. The number of alkyl halides is 6. The van der Waals surface area contributed by atoms with Gasteiger partial charge in [0.05, 0.1) is 17.6 Å². The zero-order valence-electron chi connectivity index (χ0n) is 18.1. The number of amides is 1. The molecule has 0 fully saturated rings. The second-order valence-electron chi connectivity index (χ2n) is 7.76. The highest BCUT2D eigenvalue weighted by Gasteiger charge is 2.59. The van der Waals surface area contributed by atoms with E-state index in [2.05, 4.69) is 20.4 Å². The molecule has 0 radical (unpaired) electrons. The van der Waals surface area contributed by atoms with Crippen LogP contribution in [0.25, 0.3) is 5.65 Å². The fourth-order valence-corrected chi connectivity index (χ4v) is 3.79. The van der Waals surface area contributed by atoms with Gasteiger partial charge in [0.15, 0.2) is 10.8 Å². The van der Waals surface area contributed by atoms with E-state index in [-0.39, 0.29) is 28.8 Å². The molecule has 34 heavy (non-hydrogen) atoms. The van der Waals surface area contributed by atoms with Crippen LogP contribution >= 0.6 is 11.6 Å². The van der Waals surface area contributed by atoms with Crippen LogP contribution in [0.5, 0.6) is 0 Å². The molecule has 1 aliphatic heterocycles. The summed E-state index contributed by atoms with van der Waals surface area (Å²) in [5, 5.41) is 6.22. The number of fused-ring (bicyclic) bond motifs is 3. The van der Waals surface area contributed by atoms with E-state index in [1.165, 1.54) is 34.7 Å². The number of nitrogens with zero attached hydrogens (tertiary/aromatic N) is 5. The zero-order chi connectivity index (χ0) is 25.5. The maximum Gasteiger partial charge on any atom is 0.433 e. The molecule has 0 aliphatic carbocycles. The van der Waals surface area contributed by atoms with Gasteiger partial charge >= 0.3 is 12.4 Å². The van der Waals surface area contributed by atoms with Crippen LogP contribution in [-0.2, 0) is 22.8 Å². The fourth-order valence-electron chi connectivity index (χ4n) is 3.62. The maximum atomic E-state index is 13.4. The first-order valence-electron chi connectivity index (χ1n) is 9.82. The lowest BCUT2D eigenvalue weighted by Crippen LogP contribution is -2.43. The highest BCUT2D eigenvalue weighted by atomic mass is 35.5. The van der Waals surface area contributed by atoms with Crippen LogP contribution < -0.4 is 10.2 Å². The van der Waals surface area contributed by atoms with Gasteiger partial charge in [0, 0.05) is 31.0 Å². The van der Waals surface area contributed by atoms with Crippen molar-refractivity contribution < 1.29 is 31.1 Å². The molecule has 4 rings (SSSR count). The van der Waals surface area contributed by atoms with Crippen molar-refractivity contribution in [2.45, 2.75) is 38.0 Å². The maximum absolute atomic E-state index is 13.4. The van der Waals surface area contributed by atoms with Crippen LogP contribution in [0.2, 0.25) is 5.15 Å². The van der Waals surface area contributed by atoms with Crippen molar-refractivity contribution in [1.82, 2.24) is 19.6 Å². The van der Waals surface area contributed by atoms with E-state index in [1.807, 2.05) is 0 Å². The minimum Gasteiger partial charge on any atom is -0.371 e. The molecule has 1 atom stereocenters. The van der Waals surface area contributed by atoms with Gasteiger partial charge in [-0.25, -0.2) is 14.5 Å². The second kappa shape index (κ2) is 8.93. The summed E-state index contributed by atoms with van der Waals surface area (Å²) < 4.78 is 78.5. The number of halogens is 7. The first-order valence-corrected chi connectivity index (χ1v) is 10.2. The summed E-state index contributed by atoms with van der Waals surface area (Å²) in [6.07, 6.45) is -6.74. The molecule has 1 N–H and O–H groups in total. The number of hydrogen-bond donors (Lipinski definition) is 1. The van der Waals surface area contributed by atoms with E-state index >= 15 is 0 Å². The Bertz CT molecular complexity index is 1210. The molecule has 3 aromatic rings. The van der Waals surface area contributed by atoms with Crippen molar-refractivity contribution in [3.05, 3.63) is 46.6 Å². The summed E-state index contributed by atoms with van der Waals surface area (Å²) in [4.78, 5) is 19.2. The Labute approximate surface area is 194 Å². The van der Waals surface area contributed by atoms with Crippen molar-refractivity contribution in [3.8, 4) is 0 Å². The number of rotatable bonds is 3. The first kappa shape index (κ1) is 25.5. The third-order valence-electron chi connectivity index (χ3n) is 5.30. The van der Waals surface area contributed by atoms with Gasteiger partial charge < -0.3 is 10.2 Å². The van der Waals surface area contributed by atoms with Crippen LogP contribution in [0.3, 0.4) is 0 Å². The van der Waals surface area contributed by atoms with Crippen molar-refractivity contribution in [2.24, 2.45) is 0 Å². The van der Waals surface area contributed by atoms with Gasteiger partial charge in [-0.05, 0) is 25.5 Å². The lowest BCUT2D eigenvalue weighted by atomic mass is 9.88. The number of aromatic nitrogens is 4. The number of aryl methyl sites for hydroxylation is 1. The number of anilines is 2. The monoisotopic (exact) mass is 508 g/mol. The molecule has 1 aliphatic rings. The lowest BCUT2D eigenvalue weighted by molar-refractivity contribution is -0.181. The predicted molar refractivity (Wildman–Crippen MR) is 113 cm³/mol. The van der Waals surface area contributed by atoms with Crippen molar-refractivity contribution in [3.63, 3.8) is 0 Å². The van der Waals surface area contributed by atoms with Gasteiger partial charge in [0.1, 0.15) is 11.1 Å². The number of hydrogen-bond acceptors (Lipinski definition) is 5. The molecule has 3 aromatic heterocycles. The van der Waals surface area contributed by atoms with Crippen LogP contribution in [0, 0.1) is 0 Å². The minimum absolute atomic E-state index is 0.0828. The van der Waals surface area contributed by atoms with Crippen LogP contribution in [0.15, 0.2) is 24.4 Å². The summed E-state index contributed by atoms with van der Waals surface area (Å²) in [5.74, 6) is 0. The number of carbonyl (C=O) groups is 1. The molecule has 14 heteroatoms. The van der Waals surface area contributed by atoms with E-state index in [9.17, 15) is 31.1 Å². The standard InChI is InChI=1S/C11H10ClF3N4.C9H9F3N2O/c1-10(11(13,14)15)5-18(2)6-4-16-8-3-7(12)17-19(8)9(6)10;1-2-6-3-7(13-5-15)4-8(14-6)9(10,11)12/h3-4H,5H2,1-2H3;3-5H,2H2,1H3,(H,13,14,15)/t10-;/m1./s1. The zero-order valence-corrected chi connectivity index (χ0v) is 18.8. The number of likely N-dealkylation sites (N-methyl/N-ethyl adjacent to an activating group) is 1. The molecule has 0 spiro atoms. The molecular formula is C20H19ClF6N6O. The Kier molecular flexibility index (Phi) is 6.71. The Balaban J connectivity index is 0.000000197. The smallest absolute Gasteiger partial charge is 0.371 e. The third-order valence-corrected chi connectivity index (χ3v) is 5.49. The number of carbonyl (C=O) groups excluding carboxylic acids is 1. The molecule has 1 amide bonds. The van der Waals surface area contributed by atoms with Crippen LogP contribution in [0.4, 0.5) is 37.7 Å². The summed E-state index contributed by atoms with van der Waals surface area (Å²) in [6, 6.07) is 3.65. The van der Waals surface area contributed by atoms with Crippen molar-refractivity contribution >= 4 is 35.0 Å². The van der Waals surface area contributed by atoms with Gasteiger partial charge in [0.25, 0.3) is 0 Å². The molecule has 4 heterocycles. The third kappa shape index (κ3) is 4.74. The molecule has 0 aromatic carbocycles.